The van der Waals surface area contributed by atoms with Crippen LogP contribution in [0.4, 0.5) is 5.69 Å². The number of benzene rings is 1. The normalized spacial score (nSPS) is 16.2. The minimum Gasteiger partial charge on any atom is -0.372 e. The number of aliphatic imine (C=N–C) groups is 1. The summed E-state index contributed by atoms with van der Waals surface area (Å²) in [7, 11) is 1.80. The smallest absolute Gasteiger partial charge is 0.191 e. The average Bonchev–Trinajstić information content (AvgIpc) is 2.52. The van der Waals surface area contributed by atoms with Gasteiger partial charge in [-0.05, 0) is 50.3 Å². The lowest BCUT2D eigenvalue weighted by Crippen LogP contribution is -2.40. The van der Waals surface area contributed by atoms with E-state index in [9.17, 15) is 0 Å². The fraction of sp³-hybridized carbons (Fsp3) is 0.611. The van der Waals surface area contributed by atoms with Crippen molar-refractivity contribution in [1.29, 1.82) is 0 Å². The molecule has 0 amide bonds. The van der Waals surface area contributed by atoms with E-state index in [2.05, 4.69) is 65.6 Å². The van der Waals surface area contributed by atoms with Crippen molar-refractivity contribution in [2.45, 2.75) is 46.2 Å². The van der Waals surface area contributed by atoms with Crippen LogP contribution >= 0.6 is 24.0 Å². The lowest BCUT2D eigenvalue weighted by Gasteiger charge is -2.32. The fourth-order valence-electron chi connectivity index (χ4n) is 2.75. The minimum absolute atomic E-state index is 0. The molecule has 0 atom stereocenters. The van der Waals surface area contributed by atoms with Gasteiger partial charge < -0.3 is 15.5 Å². The molecule has 5 heteroatoms. The molecule has 1 aromatic carbocycles. The van der Waals surface area contributed by atoms with Gasteiger partial charge in [-0.1, -0.05) is 19.1 Å². The maximum atomic E-state index is 4.23. The first-order valence-electron chi connectivity index (χ1n) is 8.39. The first kappa shape index (κ1) is 20.1. The van der Waals surface area contributed by atoms with Gasteiger partial charge in [0.15, 0.2) is 5.96 Å². The van der Waals surface area contributed by atoms with Crippen LogP contribution in [0, 0.1) is 5.92 Å². The summed E-state index contributed by atoms with van der Waals surface area (Å²) in [6.07, 6.45) is 2.61. The number of hydrogen-bond donors (Lipinski definition) is 2. The van der Waals surface area contributed by atoms with E-state index in [-0.39, 0.29) is 24.0 Å². The number of anilines is 1. The Morgan fingerprint density at radius 2 is 1.83 bits per heavy atom. The van der Waals surface area contributed by atoms with Crippen molar-refractivity contribution in [1.82, 2.24) is 10.6 Å². The van der Waals surface area contributed by atoms with Crippen LogP contribution in [0.25, 0.3) is 0 Å². The lowest BCUT2D eigenvalue weighted by atomic mass is 9.99. The second-order valence-electron chi connectivity index (χ2n) is 6.56. The summed E-state index contributed by atoms with van der Waals surface area (Å²) in [6, 6.07) is 9.29. The summed E-state index contributed by atoms with van der Waals surface area (Å²) >= 11 is 0. The molecule has 2 rings (SSSR count). The lowest BCUT2D eigenvalue weighted by molar-refractivity contribution is 0.438. The zero-order chi connectivity index (χ0) is 15.9. The Hall–Kier alpha value is -0.980. The molecule has 23 heavy (non-hydrogen) atoms. The molecule has 1 aromatic rings. The Balaban J connectivity index is 0.00000264. The minimum atomic E-state index is 0. The van der Waals surface area contributed by atoms with Crippen molar-refractivity contribution in [3.63, 3.8) is 0 Å². The third kappa shape index (κ3) is 6.57. The maximum Gasteiger partial charge on any atom is 0.191 e. The molecular weight excluding hydrogens is 399 g/mol. The number of hydrogen-bond acceptors (Lipinski definition) is 2. The van der Waals surface area contributed by atoms with E-state index in [0.29, 0.717) is 6.04 Å². The van der Waals surface area contributed by atoms with Gasteiger partial charge in [-0.15, -0.1) is 24.0 Å². The van der Waals surface area contributed by atoms with E-state index in [1.165, 1.54) is 37.2 Å². The molecule has 0 unspecified atom stereocenters. The molecule has 1 saturated heterocycles. The second kappa shape index (κ2) is 10.0. The van der Waals surface area contributed by atoms with Crippen LogP contribution in [-0.4, -0.2) is 32.1 Å². The number of rotatable bonds is 4. The van der Waals surface area contributed by atoms with E-state index in [1.54, 1.807) is 7.05 Å². The first-order valence-corrected chi connectivity index (χ1v) is 8.39. The molecule has 130 valence electrons. The van der Waals surface area contributed by atoms with Gasteiger partial charge in [-0.25, -0.2) is 0 Å². The SMILES string of the molecule is CN=C(NCc1ccc(N2CCC(C)CC2)cc1)NC(C)C.I. The highest BCUT2D eigenvalue weighted by Gasteiger charge is 2.15. The van der Waals surface area contributed by atoms with Crippen LogP contribution in [0.1, 0.15) is 39.2 Å². The molecular formula is C18H31IN4. The van der Waals surface area contributed by atoms with Gasteiger partial charge in [0, 0.05) is 38.4 Å². The van der Waals surface area contributed by atoms with Gasteiger partial charge in [-0.2, -0.15) is 0 Å². The summed E-state index contributed by atoms with van der Waals surface area (Å²) in [5, 5.41) is 6.64. The summed E-state index contributed by atoms with van der Waals surface area (Å²) in [5.41, 5.74) is 2.63. The zero-order valence-corrected chi connectivity index (χ0v) is 17.1. The fourth-order valence-corrected chi connectivity index (χ4v) is 2.75. The van der Waals surface area contributed by atoms with Crippen LogP contribution in [0.5, 0.6) is 0 Å². The molecule has 0 spiro atoms. The van der Waals surface area contributed by atoms with E-state index >= 15 is 0 Å². The zero-order valence-electron chi connectivity index (χ0n) is 14.8. The molecule has 1 aliphatic rings. The van der Waals surface area contributed by atoms with E-state index in [0.717, 1.165) is 18.4 Å². The monoisotopic (exact) mass is 430 g/mol. The predicted octanol–water partition coefficient (Wildman–Crippen LogP) is 3.61. The summed E-state index contributed by atoms with van der Waals surface area (Å²) in [6.45, 7) is 9.74. The molecule has 1 fully saturated rings. The highest BCUT2D eigenvalue weighted by molar-refractivity contribution is 14.0. The third-order valence-corrected chi connectivity index (χ3v) is 4.19. The van der Waals surface area contributed by atoms with E-state index in [1.807, 2.05) is 0 Å². The number of piperidine rings is 1. The molecule has 0 bridgehead atoms. The maximum absolute atomic E-state index is 4.23. The van der Waals surface area contributed by atoms with Crippen LogP contribution in [0.15, 0.2) is 29.3 Å². The van der Waals surface area contributed by atoms with Crippen molar-refractivity contribution in [3.05, 3.63) is 29.8 Å². The Labute approximate surface area is 158 Å². The van der Waals surface area contributed by atoms with Crippen LogP contribution in [0.3, 0.4) is 0 Å². The van der Waals surface area contributed by atoms with Gasteiger partial charge >= 0.3 is 0 Å². The highest BCUT2D eigenvalue weighted by atomic mass is 127. The van der Waals surface area contributed by atoms with Crippen molar-refractivity contribution in [3.8, 4) is 0 Å². The van der Waals surface area contributed by atoms with Gasteiger partial charge in [0.2, 0.25) is 0 Å². The molecule has 0 radical (unpaired) electrons. The van der Waals surface area contributed by atoms with Crippen LogP contribution in [0.2, 0.25) is 0 Å². The summed E-state index contributed by atoms with van der Waals surface area (Å²) < 4.78 is 0. The van der Waals surface area contributed by atoms with Crippen molar-refractivity contribution < 1.29 is 0 Å². The highest BCUT2D eigenvalue weighted by Crippen LogP contribution is 2.23. The van der Waals surface area contributed by atoms with Crippen LogP contribution < -0.4 is 15.5 Å². The molecule has 0 aromatic heterocycles. The topological polar surface area (TPSA) is 39.7 Å². The van der Waals surface area contributed by atoms with Crippen LogP contribution in [-0.2, 0) is 6.54 Å². The standard InChI is InChI=1S/C18H30N4.HI/c1-14(2)21-18(19-4)20-13-16-5-7-17(8-6-16)22-11-9-15(3)10-12-22;/h5-8,14-15H,9-13H2,1-4H3,(H2,19,20,21);1H. The molecule has 4 nitrogen and oxygen atoms in total. The Bertz CT molecular complexity index is 476. The molecule has 2 N–H and O–H groups in total. The number of halogens is 1. The van der Waals surface area contributed by atoms with Gasteiger partial charge in [0.25, 0.3) is 0 Å². The first-order chi connectivity index (χ1) is 10.6. The van der Waals surface area contributed by atoms with Gasteiger partial charge in [0.1, 0.15) is 0 Å². The van der Waals surface area contributed by atoms with Crippen molar-refractivity contribution in [2.24, 2.45) is 10.9 Å². The quantitative estimate of drug-likeness (QED) is 0.436. The number of guanidine groups is 1. The second-order valence-corrected chi connectivity index (χ2v) is 6.56. The van der Waals surface area contributed by atoms with E-state index in [4.69, 9.17) is 0 Å². The Kier molecular flexibility index (Phi) is 8.73. The number of nitrogens with zero attached hydrogens (tertiary/aromatic N) is 2. The van der Waals surface area contributed by atoms with E-state index < -0.39 is 0 Å². The average molecular weight is 430 g/mol. The van der Waals surface area contributed by atoms with Gasteiger partial charge in [-0.3, -0.25) is 4.99 Å². The van der Waals surface area contributed by atoms with Crippen molar-refractivity contribution >= 4 is 35.6 Å². The van der Waals surface area contributed by atoms with Gasteiger partial charge in [0.05, 0.1) is 0 Å². The predicted molar refractivity (Wildman–Crippen MR) is 111 cm³/mol. The summed E-state index contributed by atoms with van der Waals surface area (Å²) in [4.78, 5) is 6.72. The van der Waals surface area contributed by atoms with Crippen molar-refractivity contribution in [2.75, 3.05) is 25.0 Å². The molecule has 0 aliphatic carbocycles. The largest absolute Gasteiger partial charge is 0.372 e. The Morgan fingerprint density at radius 3 is 2.35 bits per heavy atom. The number of nitrogens with one attached hydrogen (secondary N) is 2. The summed E-state index contributed by atoms with van der Waals surface area (Å²) in [5.74, 6) is 1.73. The Morgan fingerprint density at radius 1 is 1.22 bits per heavy atom. The molecule has 1 heterocycles. The molecule has 0 saturated carbocycles. The third-order valence-electron chi connectivity index (χ3n) is 4.19. The molecule has 1 aliphatic heterocycles.